The minimum atomic E-state index is -0.706. The van der Waals surface area contributed by atoms with E-state index in [4.69, 9.17) is 9.84 Å². The SMILES string of the molecule is CCCCCCCCCC(CCCCCCCC(=O)O)OC(=O)CCC. The van der Waals surface area contributed by atoms with Crippen molar-refractivity contribution >= 4 is 11.9 Å². The molecule has 26 heavy (non-hydrogen) atoms. The minimum absolute atomic E-state index is 0.0538. The summed E-state index contributed by atoms with van der Waals surface area (Å²) in [4.78, 5) is 22.3. The number of hydrogen-bond acceptors (Lipinski definition) is 3. The highest BCUT2D eigenvalue weighted by Crippen LogP contribution is 2.17. The lowest BCUT2D eigenvalue weighted by Gasteiger charge is -2.18. The van der Waals surface area contributed by atoms with E-state index < -0.39 is 5.97 Å². The van der Waals surface area contributed by atoms with Crippen molar-refractivity contribution in [1.82, 2.24) is 0 Å². The molecule has 0 rings (SSSR count). The summed E-state index contributed by atoms with van der Waals surface area (Å²) < 4.78 is 5.68. The second kappa shape index (κ2) is 18.7. The summed E-state index contributed by atoms with van der Waals surface area (Å²) in [6.07, 6.45) is 17.6. The first-order valence-electron chi connectivity index (χ1n) is 11.0. The van der Waals surface area contributed by atoms with E-state index in [0.29, 0.717) is 6.42 Å². The number of carboxylic acids is 1. The molecule has 1 unspecified atom stereocenters. The van der Waals surface area contributed by atoms with Crippen LogP contribution in [0, 0.1) is 0 Å². The van der Waals surface area contributed by atoms with E-state index in [-0.39, 0.29) is 18.5 Å². The topological polar surface area (TPSA) is 63.6 Å². The number of carbonyl (C=O) groups excluding carboxylic acids is 1. The van der Waals surface area contributed by atoms with Crippen molar-refractivity contribution in [3.8, 4) is 0 Å². The van der Waals surface area contributed by atoms with E-state index in [9.17, 15) is 9.59 Å². The zero-order valence-corrected chi connectivity index (χ0v) is 17.3. The Bertz CT molecular complexity index is 341. The highest BCUT2D eigenvalue weighted by molar-refractivity contribution is 5.69. The van der Waals surface area contributed by atoms with Gasteiger partial charge in [0.1, 0.15) is 6.10 Å². The van der Waals surface area contributed by atoms with Gasteiger partial charge in [0.15, 0.2) is 0 Å². The molecule has 0 aromatic heterocycles. The highest BCUT2D eigenvalue weighted by atomic mass is 16.5. The summed E-state index contributed by atoms with van der Waals surface area (Å²) >= 11 is 0. The number of hydrogen-bond donors (Lipinski definition) is 1. The van der Waals surface area contributed by atoms with Gasteiger partial charge in [-0.1, -0.05) is 71.6 Å². The Labute approximate surface area is 161 Å². The van der Waals surface area contributed by atoms with Crippen molar-refractivity contribution in [3.05, 3.63) is 0 Å². The molecule has 0 heterocycles. The Kier molecular flexibility index (Phi) is 18.0. The number of esters is 1. The van der Waals surface area contributed by atoms with Crippen molar-refractivity contribution in [2.75, 3.05) is 0 Å². The van der Waals surface area contributed by atoms with E-state index >= 15 is 0 Å². The number of aliphatic carboxylic acids is 1. The van der Waals surface area contributed by atoms with Gasteiger partial charge in [-0.25, -0.2) is 0 Å². The summed E-state index contributed by atoms with van der Waals surface area (Å²) in [6, 6.07) is 0. The van der Waals surface area contributed by atoms with Gasteiger partial charge in [-0.2, -0.15) is 0 Å². The fraction of sp³-hybridized carbons (Fsp3) is 0.909. The van der Waals surface area contributed by atoms with Crippen molar-refractivity contribution in [2.24, 2.45) is 0 Å². The quantitative estimate of drug-likeness (QED) is 0.204. The number of carboxylic acid groups (broad SMARTS) is 1. The van der Waals surface area contributed by atoms with E-state index in [0.717, 1.165) is 57.8 Å². The minimum Gasteiger partial charge on any atom is -0.481 e. The molecule has 0 fully saturated rings. The van der Waals surface area contributed by atoms with Crippen molar-refractivity contribution in [2.45, 2.75) is 129 Å². The fourth-order valence-electron chi connectivity index (χ4n) is 3.22. The summed E-state index contributed by atoms with van der Waals surface area (Å²) in [5, 5.41) is 8.63. The zero-order chi connectivity index (χ0) is 19.5. The molecule has 0 saturated heterocycles. The molecule has 4 heteroatoms. The summed E-state index contributed by atoms with van der Waals surface area (Å²) in [5.41, 5.74) is 0. The van der Waals surface area contributed by atoms with Crippen molar-refractivity contribution < 1.29 is 19.4 Å². The number of rotatable bonds is 19. The van der Waals surface area contributed by atoms with Crippen LogP contribution in [0.25, 0.3) is 0 Å². The number of ether oxygens (including phenoxy) is 1. The molecule has 0 aromatic carbocycles. The molecule has 4 nitrogen and oxygen atoms in total. The average molecular weight is 371 g/mol. The van der Waals surface area contributed by atoms with Crippen LogP contribution < -0.4 is 0 Å². The van der Waals surface area contributed by atoms with E-state index in [1.165, 1.54) is 38.5 Å². The summed E-state index contributed by atoms with van der Waals surface area (Å²) in [5.74, 6) is -0.760. The molecule has 0 aromatic rings. The second-order valence-electron chi connectivity index (χ2n) is 7.47. The van der Waals surface area contributed by atoms with Gasteiger partial charge < -0.3 is 9.84 Å². The average Bonchev–Trinajstić information content (AvgIpc) is 2.59. The first kappa shape index (κ1) is 24.9. The Balaban J connectivity index is 3.88. The van der Waals surface area contributed by atoms with Crippen LogP contribution in [0.15, 0.2) is 0 Å². The molecule has 0 amide bonds. The third kappa shape index (κ3) is 17.8. The van der Waals surface area contributed by atoms with Gasteiger partial charge >= 0.3 is 11.9 Å². The Morgan fingerprint density at radius 1 is 0.692 bits per heavy atom. The molecule has 154 valence electrons. The summed E-state index contributed by atoms with van der Waals surface area (Å²) in [7, 11) is 0. The molecule has 1 N–H and O–H groups in total. The van der Waals surface area contributed by atoms with Gasteiger partial charge in [-0.05, 0) is 38.5 Å². The first-order chi connectivity index (χ1) is 12.6. The smallest absolute Gasteiger partial charge is 0.306 e. The first-order valence-corrected chi connectivity index (χ1v) is 11.0. The monoisotopic (exact) mass is 370 g/mol. The van der Waals surface area contributed by atoms with Crippen LogP contribution in [-0.4, -0.2) is 23.1 Å². The van der Waals surface area contributed by atoms with Crippen molar-refractivity contribution in [3.63, 3.8) is 0 Å². The molecule has 1 atom stereocenters. The molecule has 0 aliphatic carbocycles. The lowest BCUT2D eigenvalue weighted by Crippen LogP contribution is -2.18. The van der Waals surface area contributed by atoms with E-state index in [1.807, 2.05) is 6.92 Å². The predicted octanol–water partition coefficient (Wildman–Crippen LogP) is 6.65. The maximum absolute atomic E-state index is 11.8. The van der Waals surface area contributed by atoms with Gasteiger partial charge in [0.05, 0.1) is 0 Å². The summed E-state index contributed by atoms with van der Waals surface area (Å²) in [6.45, 7) is 4.24. The van der Waals surface area contributed by atoms with Gasteiger partial charge in [-0.15, -0.1) is 0 Å². The van der Waals surface area contributed by atoms with Gasteiger partial charge in [-0.3, -0.25) is 9.59 Å². The third-order valence-electron chi connectivity index (χ3n) is 4.80. The molecular weight excluding hydrogens is 328 g/mol. The fourth-order valence-corrected chi connectivity index (χ4v) is 3.22. The molecule has 0 bridgehead atoms. The molecule has 0 radical (unpaired) electrons. The van der Waals surface area contributed by atoms with Crippen LogP contribution in [0.4, 0.5) is 0 Å². The normalized spacial score (nSPS) is 12.1. The van der Waals surface area contributed by atoms with Gasteiger partial charge in [0.2, 0.25) is 0 Å². The molecule has 0 aliphatic rings. The predicted molar refractivity (Wildman–Crippen MR) is 107 cm³/mol. The van der Waals surface area contributed by atoms with E-state index in [1.54, 1.807) is 0 Å². The number of unbranched alkanes of at least 4 members (excludes halogenated alkanes) is 10. The van der Waals surface area contributed by atoms with Gasteiger partial charge in [0, 0.05) is 12.8 Å². The Morgan fingerprint density at radius 2 is 1.19 bits per heavy atom. The largest absolute Gasteiger partial charge is 0.481 e. The zero-order valence-electron chi connectivity index (χ0n) is 17.3. The van der Waals surface area contributed by atoms with Crippen molar-refractivity contribution in [1.29, 1.82) is 0 Å². The van der Waals surface area contributed by atoms with E-state index in [2.05, 4.69) is 6.92 Å². The second-order valence-corrected chi connectivity index (χ2v) is 7.47. The van der Waals surface area contributed by atoms with Crippen LogP contribution >= 0.6 is 0 Å². The maximum atomic E-state index is 11.8. The maximum Gasteiger partial charge on any atom is 0.306 e. The third-order valence-corrected chi connectivity index (χ3v) is 4.80. The molecular formula is C22H42O4. The molecule has 0 spiro atoms. The Hall–Kier alpha value is -1.06. The lowest BCUT2D eigenvalue weighted by atomic mass is 10.0. The molecule has 0 aliphatic heterocycles. The van der Waals surface area contributed by atoms with Gasteiger partial charge in [0.25, 0.3) is 0 Å². The van der Waals surface area contributed by atoms with Crippen LogP contribution in [0.5, 0.6) is 0 Å². The molecule has 0 saturated carbocycles. The van der Waals surface area contributed by atoms with Crippen LogP contribution in [0.2, 0.25) is 0 Å². The Morgan fingerprint density at radius 3 is 1.69 bits per heavy atom. The van der Waals surface area contributed by atoms with Crippen LogP contribution in [0.1, 0.15) is 123 Å². The number of carbonyl (C=O) groups is 2. The van der Waals surface area contributed by atoms with Crippen LogP contribution in [-0.2, 0) is 14.3 Å². The lowest BCUT2D eigenvalue weighted by molar-refractivity contribution is -0.150. The highest BCUT2D eigenvalue weighted by Gasteiger charge is 2.13. The van der Waals surface area contributed by atoms with Crippen LogP contribution in [0.3, 0.4) is 0 Å². The standard InChI is InChI=1S/C22H42O4/c1-3-5-6-7-8-10-13-17-20(26-22(25)16-4-2)18-14-11-9-12-15-19-21(23)24/h20H,3-19H2,1-2H3,(H,23,24).